The number of anilines is 1. The summed E-state index contributed by atoms with van der Waals surface area (Å²) in [7, 11) is 0. The number of fused-ring (bicyclic) bond motifs is 3. The monoisotopic (exact) mass is 456 g/mol. The number of halogens is 1. The van der Waals surface area contributed by atoms with E-state index in [0.717, 1.165) is 15.8 Å². The fraction of sp³-hybridized carbons (Fsp3) is 0.200. The zero-order chi connectivity index (χ0) is 19.8. The van der Waals surface area contributed by atoms with E-state index in [2.05, 4.69) is 26.0 Å². The first-order valence-electron chi connectivity index (χ1n) is 8.79. The lowest BCUT2D eigenvalue weighted by molar-refractivity contribution is -0.764. The summed E-state index contributed by atoms with van der Waals surface area (Å²) >= 11 is 4.85. The third-order valence-corrected chi connectivity index (χ3v) is 5.75. The molecule has 0 saturated heterocycles. The standard InChI is InChI=1S/C20H17BrN4O2S/c1-3-28-20-22-18(27)17-15-6-4-5-7-16(15)24(12(2)26)19(25(17)23-20)13-8-10-14(21)11-9-13/h4-11,19H,3H2,1-2H3. The average Bonchev–Trinajstić information content (AvgIpc) is 2.67. The van der Waals surface area contributed by atoms with Crippen molar-refractivity contribution in [2.24, 2.45) is 0 Å². The van der Waals surface area contributed by atoms with Gasteiger partial charge in [0.1, 0.15) is 0 Å². The van der Waals surface area contributed by atoms with Crippen LogP contribution in [0.25, 0.3) is 11.3 Å². The van der Waals surface area contributed by atoms with Crippen LogP contribution in [0.4, 0.5) is 5.69 Å². The quantitative estimate of drug-likeness (QED) is 0.446. The Bertz CT molecular complexity index is 1060. The molecule has 0 fully saturated rings. The lowest BCUT2D eigenvalue weighted by Gasteiger charge is -2.32. The van der Waals surface area contributed by atoms with Gasteiger partial charge in [-0.3, -0.25) is 4.79 Å². The fourth-order valence-electron chi connectivity index (χ4n) is 3.40. The Labute approximate surface area is 175 Å². The summed E-state index contributed by atoms with van der Waals surface area (Å²) in [6.45, 7) is 3.50. The van der Waals surface area contributed by atoms with Crippen molar-refractivity contribution < 1.29 is 14.6 Å². The van der Waals surface area contributed by atoms with Crippen molar-refractivity contribution in [2.45, 2.75) is 25.2 Å². The summed E-state index contributed by atoms with van der Waals surface area (Å²) in [5, 5.41) is 18.0. The van der Waals surface area contributed by atoms with Crippen molar-refractivity contribution >= 4 is 39.3 Å². The van der Waals surface area contributed by atoms with Gasteiger partial charge in [0.2, 0.25) is 5.91 Å². The van der Waals surface area contributed by atoms with E-state index in [-0.39, 0.29) is 11.8 Å². The third-order valence-electron chi connectivity index (χ3n) is 4.50. The molecular weight excluding hydrogens is 440 g/mol. The number of hydrogen-bond acceptors (Lipinski definition) is 5. The zero-order valence-electron chi connectivity index (χ0n) is 15.3. The molecule has 3 aromatic rings. The van der Waals surface area contributed by atoms with E-state index in [9.17, 15) is 9.90 Å². The van der Waals surface area contributed by atoms with E-state index < -0.39 is 6.17 Å². The lowest BCUT2D eigenvalue weighted by Crippen LogP contribution is -2.58. The van der Waals surface area contributed by atoms with Gasteiger partial charge in [-0.1, -0.05) is 51.4 Å². The highest BCUT2D eigenvalue weighted by molar-refractivity contribution is 9.10. The van der Waals surface area contributed by atoms with E-state index in [1.54, 1.807) is 9.58 Å². The Morgan fingerprint density at radius 3 is 2.64 bits per heavy atom. The molecule has 1 atom stereocenters. The second-order valence-electron chi connectivity index (χ2n) is 6.26. The van der Waals surface area contributed by atoms with Gasteiger partial charge < -0.3 is 5.11 Å². The Morgan fingerprint density at radius 2 is 1.96 bits per heavy atom. The summed E-state index contributed by atoms with van der Waals surface area (Å²) in [4.78, 5) is 18.5. The summed E-state index contributed by atoms with van der Waals surface area (Å²) in [5.41, 5.74) is 2.58. The van der Waals surface area contributed by atoms with Crippen molar-refractivity contribution in [3.8, 4) is 17.1 Å². The van der Waals surface area contributed by atoms with Crippen LogP contribution in [0.2, 0.25) is 0 Å². The van der Waals surface area contributed by atoms with Gasteiger partial charge in [0.15, 0.2) is 0 Å². The van der Waals surface area contributed by atoms with Gasteiger partial charge in [-0.2, -0.15) is 0 Å². The summed E-state index contributed by atoms with van der Waals surface area (Å²) < 4.78 is 2.57. The topological polar surface area (TPSA) is 73.0 Å². The molecule has 6 nitrogen and oxygen atoms in total. The smallest absolute Gasteiger partial charge is 0.293 e. The highest BCUT2D eigenvalue weighted by atomic mass is 79.9. The first-order valence-corrected chi connectivity index (χ1v) is 10.6. The minimum Gasteiger partial charge on any atom is -0.854 e. The van der Waals surface area contributed by atoms with Crippen molar-refractivity contribution in [3.05, 3.63) is 58.6 Å². The van der Waals surface area contributed by atoms with Crippen molar-refractivity contribution in [3.63, 3.8) is 0 Å². The van der Waals surface area contributed by atoms with Crippen LogP contribution < -0.4 is 14.7 Å². The Balaban J connectivity index is 2.04. The van der Waals surface area contributed by atoms with E-state index in [1.165, 1.54) is 18.7 Å². The maximum Gasteiger partial charge on any atom is 0.293 e. The lowest BCUT2D eigenvalue weighted by atomic mass is 10.0. The Morgan fingerprint density at radius 1 is 1.25 bits per heavy atom. The van der Waals surface area contributed by atoms with Gasteiger partial charge in [-0.15, -0.1) is 0 Å². The van der Waals surface area contributed by atoms with E-state index in [0.29, 0.717) is 22.1 Å². The maximum atomic E-state index is 12.9. The minimum absolute atomic E-state index is 0.130. The molecule has 1 aliphatic rings. The Hall–Kier alpha value is -2.45. The van der Waals surface area contributed by atoms with Crippen LogP contribution in [0.15, 0.2) is 58.2 Å². The number of benzene rings is 2. The number of aromatic nitrogens is 3. The van der Waals surface area contributed by atoms with Crippen molar-refractivity contribution in [1.29, 1.82) is 0 Å². The normalized spacial score (nSPS) is 15.1. The maximum absolute atomic E-state index is 12.9. The van der Waals surface area contributed by atoms with Gasteiger partial charge in [0, 0.05) is 22.1 Å². The van der Waals surface area contributed by atoms with Gasteiger partial charge in [-0.05, 0) is 42.2 Å². The third kappa shape index (κ3) is 3.16. The number of para-hydroxylation sites is 1. The van der Waals surface area contributed by atoms with Crippen molar-refractivity contribution in [1.82, 2.24) is 10.1 Å². The average molecular weight is 457 g/mol. The van der Waals surface area contributed by atoms with Crippen LogP contribution >= 0.6 is 27.7 Å². The van der Waals surface area contributed by atoms with Crippen LogP contribution in [0.1, 0.15) is 25.6 Å². The second kappa shape index (κ2) is 7.52. The number of thioether (sulfide) groups is 1. The van der Waals surface area contributed by atoms with E-state index >= 15 is 0 Å². The van der Waals surface area contributed by atoms with Gasteiger partial charge in [-0.25, -0.2) is 9.88 Å². The molecule has 1 amide bonds. The molecule has 2 heterocycles. The minimum atomic E-state index is -0.567. The molecule has 1 aromatic heterocycles. The predicted octanol–water partition coefficient (Wildman–Crippen LogP) is 3.29. The first kappa shape index (κ1) is 18.9. The number of nitrogens with zero attached hydrogens (tertiary/aromatic N) is 4. The predicted molar refractivity (Wildman–Crippen MR) is 109 cm³/mol. The molecule has 0 bridgehead atoms. The molecule has 28 heavy (non-hydrogen) atoms. The van der Waals surface area contributed by atoms with E-state index in [4.69, 9.17) is 0 Å². The molecule has 0 radical (unpaired) electrons. The van der Waals surface area contributed by atoms with E-state index in [1.807, 2.05) is 55.5 Å². The van der Waals surface area contributed by atoms with Gasteiger partial charge in [0.25, 0.3) is 17.0 Å². The van der Waals surface area contributed by atoms with Crippen LogP contribution in [-0.4, -0.2) is 21.7 Å². The second-order valence-corrected chi connectivity index (χ2v) is 8.40. The molecule has 4 rings (SSSR count). The zero-order valence-corrected chi connectivity index (χ0v) is 17.7. The molecule has 0 N–H and O–H groups in total. The van der Waals surface area contributed by atoms with Crippen LogP contribution in [0.3, 0.4) is 0 Å². The molecule has 0 spiro atoms. The SMILES string of the molecule is CCSc1nc([O-])c2[n+](n1)C(c1ccc(Br)cc1)N(C(C)=O)c1ccccc1-2. The highest BCUT2D eigenvalue weighted by Crippen LogP contribution is 2.40. The van der Waals surface area contributed by atoms with Crippen LogP contribution in [0.5, 0.6) is 5.88 Å². The summed E-state index contributed by atoms with van der Waals surface area (Å²) in [6.07, 6.45) is -0.567. The fourth-order valence-corrected chi connectivity index (χ4v) is 4.22. The first-order chi connectivity index (χ1) is 13.5. The largest absolute Gasteiger partial charge is 0.854 e. The molecule has 0 aliphatic carbocycles. The summed E-state index contributed by atoms with van der Waals surface area (Å²) in [6, 6.07) is 15.0. The number of amides is 1. The number of hydrogen-bond donors (Lipinski definition) is 0. The molecule has 1 unspecified atom stereocenters. The van der Waals surface area contributed by atoms with Gasteiger partial charge in [0.05, 0.1) is 17.1 Å². The molecule has 0 saturated carbocycles. The number of rotatable bonds is 3. The molecular formula is C20H17BrN4O2S. The molecule has 1 aliphatic heterocycles. The highest BCUT2D eigenvalue weighted by Gasteiger charge is 2.43. The molecule has 142 valence electrons. The Kier molecular flexibility index (Phi) is 5.07. The number of carbonyl (C=O) groups excluding carboxylic acids is 1. The number of carbonyl (C=O) groups is 1. The van der Waals surface area contributed by atoms with Crippen molar-refractivity contribution in [2.75, 3.05) is 10.7 Å². The molecule has 2 aromatic carbocycles. The van der Waals surface area contributed by atoms with Crippen LogP contribution in [0, 0.1) is 0 Å². The van der Waals surface area contributed by atoms with Crippen LogP contribution in [-0.2, 0) is 4.79 Å². The summed E-state index contributed by atoms with van der Waals surface area (Å²) in [5.74, 6) is 0.271. The van der Waals surface area contributed by atoms with Gasteiger partial charge >= 0.3 is 0 Å². The molecule has 8 heteroatoms.